The first-order valence-corrected chi connectivity index (χ1v) is 30.7. The van der Waals surface area contributed by atoms with E-state index < -0.39 is 30.6 Å². The molecule has 26 nitrogen and oxygen atoms in total. The third kappa shape index (κ3) is 15.0. The third-order valence-corrected chi connectivity index (χ3v) is 16.2. The minimum Gasteiger partial charge on any atom is -0.506 e. The quantitative estimate of drug-likeness (QED) is 0.0407. The summed E-state index contributed by atoms with van der Waals surface area (Å²) in [7, 11) is 0. The topological polar surface area (TPSA) is 376 Å². The number of para-hydroxylation sites is 4. The number of benzene rings is 4. The number of nitrogens with one attached hydrogen (secondary N) is 1. The molecular formula is C72H72N12O14. The maximum Gasteiger partial charge on any atom is 0.280 e. The van der Waals surface area contributed by atoms with Gasteiger partial charge in [-0.1, -0.05) is 72.8 Å². The van der Waals surface area contributed by atoms with Crippen molar-refractivity contribution in [3.8, 4) is 28.7 Å². The number of hydrazone groups is 3. The Bertz CT molecular complexity index is 4640. The molecule has 0 aliphatic carbocycles. The van der Waals surface area contributed by atoms with Gasteiger partial charge >= 0.3 is 0 Å². The molecule has 13 rings (SSSR count). The third-order valence-electron chi connectivity index (χ3n) is 16.2. The Kier molecular flexibility index (Phi) is 22.5. The number of aryl methyl sites for hydroxylation is 5. The van der Waals surface area contributed by atoms with Gasteiger partial charge in [0.25, 0.3) is 23.3 Å². The van der Waals surface area contributed by atoms with Crippen LogP contribution in [0.1, 0.15) is 123 Å². The highest BCUT2D eigenvalue weighted by Gasteiger charge is 2.42. The molecule has 0 spiro atoms. The van der Waals surface area contributed by atoms with Crippen molar-refractivity contribution in [3.05, 3.63) is 241 Å². The van der Waals surface area contributed by atoms with E-state index in [4.69, 9.17) is 9.84 Å². The number of fused-ring (bicyclic) bond motifs is 1. The van der Waals surface area contributed by atoms with Crippen LogP contribution >= 0.6 is 0 Å². The Balaban J connectivity index is 0.000000147. The molecule has 0 bridgehead atoms. The van der Waals surface area contributed by atoms with Gasteiger partial charge in [0.05, 0.1) is 106 Å². The van der Waals surface area contributed by atoms with Crippen LogP contribution < -0.4 is 20.6 Å². The Hall–Kier alpha value is -11.7. The normalized spacial score (nSPS) is 16.0. The van der Waals surface area contributed by atoms with Gasteiger partial charge in [-0.2, -0.15) is 20.3 Å². The van der Waals surface area contributed by atoms with Crippen LogP contribution in [0.5, 0.6) is 23.0 Å². The zero-order chi connectivity index (χ0) is 70.6. The number of aliphatic hydroxyl groups is 4. The van der Waals surface area contributed by atoms with Gasteiger partial charge in [0, 0.05) is 75.1 Å². The summed E-state index contributed by atoms with van der Waals surface area (Å²) in [5.41, 5.74) is 10.9. The number of hydrogen-bond donors (Lipinski definition) is 9. The lowest BCUT2D eigenvalue weighted by Crippen LogP contribution is -2.32. The summed E-state index contributed by atoms with van der Waals surface area (Å²) in [6.45, 7) is 13.0. The van der Waals surface area contributed by atoms with Gasteiger partial charge in [0.15, 0.2) is 6.29 Å². The van der Waals surface area contributed by atoms with Crippen molar-refractivity contribution in [2.24, 2.45) is 21.2 Å². The van der Waals surface area contributed by atoms with Crippen molar-refractivity contribution in [2.75, 3.05) is 15.0 Å². The summed E-state index contributed by atoms with van der Waals surface area (Å²) >= 11 is 0. The number of nitrogens with zero attached hydrogens (tertiary/aromatic N) is 11. The van der Waals surface area contributed by atoms with E-state index in [9.17, 15) is 59.7 Å². The van der Waals surface area contributed by atoms with Gasteiger partial charge in [-0.25, -0.2) is 14.7 Å². The molecule has 0 saturated heterocycles. The lowest BCUT2D eigenvalue weighted by atomic mass is 9.89. The number of carbonyl (C=O) groups excluding carboxylic acids is 4. The van der Waals surface area contributed by atoms with E-state index >= 15 is 0 Å². The first kappa shape index (κ1) is 70.6. The van der Waals surface area contributed by atoms with E-state index in [1.54, 1.807) is 90.2 Å². The molecule has 3 atom stereocenters. The number of aromatic hydroxyl groups is 4. The molecule has 9 aromatic rings. The number of pyridine rings is 4. The zero-order valence-electron chi connectivity index (χ0n) is 54.7. The number of aldehydes is 1. The number of aliphatic hydroxyl groups excluding tert-OH is 4. The Labute approximate surface area is 562 Å². The van der Waals surface area contributed by atoms with E-state index in [2.05, 4.69) is 40.3 Å². The number of ether oxygens (including phenoxy) is 1. The maximum atomic E-state index is 12.9. The summed E-state index contributed by atoms with van der Waals surface area (Å²) in [6, 6.07) is 36.8. The SMILES string of the molecule is CC1=NN(c2ccccc2)C(=O)/C1=C\c1c(CO)cnc(C)c1O.CC1=NN(c2ccccc2)C(=O)C1.CC1=NN(c2ccccc2)C(=O)C1C(O)c1c(CO)cnc(C)c1O.Cc1ncc(CO)c(C=O)c1O.Cc1ncc2c(c1O)C(c1c(C)[nH]n(-c3ccccc3)c1=O)OC2. The smallest absolute Gasteiger partial charge is 0.280 e. The molecule has 0 radical (unpaired) electrons. The highest BCUT2D eigenvalue weighted by Crippen LogP contribution is 2.42. The van der Waals surface area contributed by atoms with E-state index in [1.807, 2.05) is 98.8 Å². The van der Waals surface area contributed by atoms with E-state index in [0.717, 1.165) is 28.3 Å². The summed E-state index contributed by atoms with van der Waals surface area (Å²) < 4.78 is 7.32. The van der Waals surface area contributed by atoms with E-state index in [0.29, 0.717) is 98.3 Å². The van der Waals surface area contributed by atoms with Gasteiger partial charge in [-0.15, -0.1) is 0 Å². The maximum absolute atomic E-state index is 12.9. The Morgan fingerprint density at radius 1 is 0.551 bits per heavy atom. The van der Waals surface area contributed by atoms with Crippen LogP contribution in [0.3, 0.4) is 0 Å². The number of carbonyl (C=O) groups is 4. The zero-order valence-corrected chi connectivity index (χ0v) is 54.7. The lowest BCUT2D eigenvalue weighted by molar-refractivity contribution is -0.122. The molecule has 4 aliphatic heterocycles. The molecular weight excluding hydrogens is 1260 g/mol. The van der Waals surface area contributed by atoms with Gasteiger partial charge in [0.1, 0.15) is 41.1 Å². The predicted molar refractivity (Wildman–Crippen MR) is 366 cm³/mol. The highest BCUT2D eigenvalue weighted by atomic mass is 16.5. The van der Waals surface area contributed by atoms with Crippen molar-refractivity contribution in [3.63, 3.8) is 0 Å². The van der Waals surface area contributed by atoms with Crippen LogP contribution in [-0.4, -0.2) is 112 Å². The molecule has 4 aromatic carbocycles. The molecule has 504 valence electrons. The fraction of sp³-hybridized carbons (Fsp3) is 0.222. The van der Waals surface area contributed by atoms with Crippen LogP contribution in [0.25, 0.3) is 11.8 Å². The molecule has 3 amide bonds. The molecule has 9 N–H and O–H groups in total. The first-order valence-electron chi connectivity index (χ1n) is 30.7. The molecule has 0 fully saturated rings. The van der Waals surface area contributed by atoms with Crippen molar-refractivity contribution in [2.45, 2.75) is 100 Å². The standard InChI is InChI=1S/C18H19N3O4.2C18H17N3O3.C10H10N2O.C8H9NO3/c1-10-14(18(25)21(20-10)13-6-4-3-5-7-13)17(24)15-12(9-22)8-19-11(2)16(15)23;1-10-14(18(23)21(20-10)13-6-4-3-5-7-13)17-15-12(9-24-17)8-19-11(2)16(15)22;1-11-15(8-16-13(10-22)9-19-12(2)17(16)23)18(24)21(20-11)14-6-4-3-5-7-14;1-8-7-10(13)12(11-8)9-5-3-2-4-6-9;1-5-8(12)7(4-11)6(3-10)2-9-5/h3-8,14,17,22-24H,9H2,1-2H3;3-8,17,20,22H,9H2,1-2H3;3-9,22-23H,10H2,1-2H3;2-6H,7H2,1H3;2,4,10,12H,3H2,1H3/b;;15-8-;;. The molecule has 9 heterocycles. The molecule has 98 heavy (non-hydrogen) atoms. The van der Waals surface area contributed by atoms with Crippen molar-refractivity contribution >= 4 is 64.3 Å². The average molecular weight is 1330 g/mol. The minimum absolute atomic E-state index is 0.0451. The van der Waals surface area contributed by atoms with Crippen LogP contribution in [0.4, 0.5) is 17.1 Å². The summed E-state index contributed by atoms with van der Waals surface area (Å²) in [5, 5.41) is 98.6. The minimum atomic E-state index is -1.34. The van der Waals surface area contributed by atoms with Gasteiger partial charge < -0.3 is 45.6 Å². The van der Waals surface area contributed by atoms with E-state index in [-0.39, 0.29) is 70.3 Å². The second-order valence-electron chi connectivity index (χ2n) is 22.8. The number of aromatic nitrogens is 6. The molecule has 26 heteroatoms. The number of anilines is 3. The number of rotatable bonds is 12. The number of H-pyrrole nitrogens is 1. The highest BCUT2D eigenvalue weighted by molar-refractivity contribution is 6.32. The van der Waals surface area contributed by atoms with Crippen molar-refractivity contribution in [1.29, 1.82) is 0 Å². The van der Waals surface area contributed by atoms with Gasteiger partial charge in [-0.3, -0.25) is 49.0 Å². The van der Waals surface area contributed by atoms with Crippen molar-refractivity contribution < 1.29 is 64.8 Å². The summed E-state index contributed by atoms with van der Waals surface area (Å²) in [6.07, 6.45) is 6.52. The predicted octanol–water partition coefficient (Wildman–Crippen LogP) is 8.76. The molecule has 4 aliphatic rings. The lowest BCUT2D eigenvalue weighted by Gasteiger charge is -2.22. The second kappa shape index (κ2) is 31.3. The molecule has 5 aromatic heterocycles. The summed E-state index contributed by atoms with van der Waals surface area (Å²) in [5.74, 6) is -1.91. The van der Waals surface area contributed by atoms with Crippen molar-refractivity contribution in [1.82, 2.24) is 29.7 Å². The first-order chi connectivity index (χ1) is 47.0. The Morgan fingerprint density at radius 3 is 1.54 bits per heavy atom. The van der Waals surface area contributed by atoms with E-state index in [1.165, 1.54) is 38.3 Å². The fourth-order valence-electron chi connectivity index (χ4n) is 10.9. The fourth-order valence-corrected chi connectivity index (χ4v) is 10.9. The molecule has 3 unspecified atom stereocenters. The van der Waals surface area contributed by atoms with Gasteiger partial charge in [0.2, 0.25) is 0 Å². The van der Waals surface area contributed by atoms with Crippen LogP contribution in [-0.2, 0) is 45.5 Å². The Morgan fingerprint density at radius 2 is 1.02 bits per heavy atom. The monoisotopic (exact) mass is 1330 g/mol. The largest absolute Gasteiger partial charge is 0.506 e. The van der Waals surface area contributed by atoms with Crippen LogP contribution in [0.15, 0.2) is 172 Å². The van der Waals surface area contributed by atoms with Crippen LogP contribution in [0.2, 0.25) is 0 Å². The average Bonchev–Trinajstić information content (AvgIpc) is 1.60. The van der Waals surface area contributed by atoms with Crippen LogP contribution in [0, 0.1) is 40.5 Å². The second-order valence-corrected chi connectivity index (χ2v) is 22.8. The number of amides is 3. The summed E-state index contributed by atoms with van der Waals surface area (Å²) in [4.78, 5) is 76.3. The number of hydrogen-bond acceptors (Lipinski definition) is 21. The number of aromatic amines is 1. The van der Waals surface area contributed by atoms with Gasteiger partial charge in [-0.05, 0) is 110 Å². The molecule has 0 saturated carbocycles.